The van der Waals surface area contributed by atoms with Gasteiger partial charge >= 0.3 is 0 Å². The maximum Gasteiger partial charge on any atom is 0.231 e. The molecule has 10 heteroatoms. The number of aliphatic hydroxyl groups excluding tert-OH is 2. The van der Waals surface area contributed by atoms with E-state index in [1.807, 2.05) is 0 Å². The van der Waals surface area contributed by atoms with Crippen molar-refractivity contribution < 1.29 is 14.9 Å². The Morgan fingerprint density at radius 3 is 2.83 bits per heavy atom. The van der Waals surface area contributed by atoms with Gasteiger partial charge in [-0.05, 0) is 12.8 Å². The molecule has 1 fully saturated rings. The maximum atomic E-state index is 10.4. The summed E-state index contributed by atoms with van der Waals surface area (Å²) in [5, 5.41) is 20.7. The molecule has 0 spiro atoms. The topological polar surface area (TPSA) is 171 Å². The third-order valence-electron chi connectivity index (χ3n) is 4.28. The van der Waals surface area contributed by atoms with Gasteiger partial charge in [-0.25, -0.2) is 15.0 Å². The summed E-state index contributed by atoms with van der Waals surface area (Å²) < 4.78 is 7.13. The number of nitrogen functional groups attached to an aromatic ring is 1. The molecular formula is C14H21N7O3. The molecule has 0 aromatic carbocycles. The minimum atomic E-state index is -1.72. The average molecular weight is 335 g/mol. The molecule has 0 unspecified atom stereocenters. The van der Waals surface area contributed by atoms with Gasteiger partial charge in [-0.2, -0.15) is 0 Å². The summed E-state index contributed by atoms with van der Waals surface area (Å²) in [6.07, 6.45) is 0.383. The quantitative estimate of drug-likeness (QED) is 0.403. The summed E-state index contributed by atoms with van der Waals surface area (Å²) in [7, 11) is 0. The fraction of sp³-hybridized carbons (Fsp3) is 0.500. The Hall–Kier alpha value is -2.11. The number of hydrogen-bond donors (Lipinski definition) is 5. The van der Waals surface area contributed by atoms with Crippen LogP contribution in [0.15, 0.2) is 24.8 Å². The number of imidazole rings is 1. The summed E-state index contributed by atoms with van der Waals surface area (Å²) in [5.41, 5.74) is 19.0. The lowest BCUT2D eigenvalue weighted by Crippen LogP contribution is -2.52. The van der Waals surface area contributed by atoms with Crippen molar-refractivity contribution in [3.8, 4) is 0 Å². The molecule has 1 aliphatic rings. The summed E-state index contributed by atoms with van der Waals surface area (Å²) in [6.45, 7) is 4.16. The Morgan fingerprint density at radius 1 is 1.38 bits per heavy atom. The second-order valence-corrected chi connectivity index (χ2v) is 5.88. The van der Waals surface area contributed by atoms with Crippen LogP contribution >= 0.6 is 0 Å². The van der Waals surface area contributed by atoms with Crippen LogP contribution in [-0.4, -0.2) is 54.6 Å². The van der Waals surface area contributed by atoms with Crippen molar-refractivity contribution in [2.45, 2.75) is 37.0 Å². The highest BCUT2D eigenvalue weighted by Crippen LogP contribution is 2.35. The number of rotatable bonds is 5. The van der Waals surface area contributed by atoms with E-state index in [9.17, 15) is 10.2 Å². The molecule has 0 aliphatic carbocycles. The Balaban J connectivity index is 1.91. The largest absolute Gasteiger partial charge is 0.387 e. The van der Waals surface area contributed by atoms with Crippen LogP contribution in [0.25, 0.3) is 11.2 Å². The molecule has 0 amide bonds. The first-order valence-corrected chi connectivity index (χ1v) is 7.52. The second kappa shape index (κ2) is 6.07. The zero-order chi connectivity index (χ0) is 17.5. The van der Waals surface area contributed by atoms with Crippen LogP contribution < -0.4 is 17.2 Å². The van der Waals surface area contributed by atoms with E-state index in [1.165, 1.54) is 17.2 Å². The third-order valence-corrected chi connectivity index (χ3v) is 4.28. The molecule has 3 rings (SSSR count). The van der Waals surface area contributed by atoms with Crippen LogP contribution in [0.4, 0.5) is 5.82 Å². The molecule has 0 bridgehead atoms. The normalized spacial score (nSPS) is 30.1. The van der Waals surface area contributed by atoms with Gasteiger partial charge in [0.05, 0.1) is 6.10 Å². The number of nitrogens with two attached hydrogens (primary N) is 3. The highest BCUT2D eigenvalue weighted by Gasteiger charge is 2.53. The van der Waals surface area contributed by atoms with Gasteiger partial charge in [0.2, 0.25) is 5.85 Å². The first-order valence-electron chi connectivity index (χ1n) is 7.52. The van der Waals surface area contributed by atoms with Crippen LogP contribution in [-0.2, 0) is 10.6 Å². The van der Waals surface area contributed by atoms with Crippen LogP contribution in [0.2, 0.25) is 0 Å². The standard InChI is InChI=1S/C14H21N7O3/c1-7(4-15)2-3-8-10(22)11(23)14(17,24-8)21-6-20-9-12(16)18-5-19-13(9)21/h5-6,8,10-11,22-23H,1-4,15,17H2,(H2,16,18,19)/t8-,10-,11-,14+/m1/s1. The predicted molar refractivity (Wildman–Crippen MR) is 86.2 cm³/mol. The minimum absolute atomic E-state index is 0.186. The SMILES string of the molecule is C=C(CN)CC[C@H]1O[C@@](N)(n2cnc3c(N)ncnc32)[C@H](O)[C@@H]1O. The van der Waals surface area contributed by atoms with E-state index in [1.54, 1.807) is 0 Å². The molecule has 3 heterocycles. The molecule has 8 N–H and O–H groups in total. The lowest BCUT2D eigenvalue weighted by atomic mass is 10.0. The molecule has 1 aliphatic heterocycles. The van der Waals surface area contributed by atoms with Crippen molar-refractivity contribution in [2.75, 3.05) is 12.3 Å². The highest BCUT2D eigenvalue weighted by molar-refractivity contribution is 5.81. The van der Waals surface area contributed by atoms with Gasteiger partial charge in [0.25, 0.3) is 0 Å². The minimum Gasteiger partial charge on any atom is -0.387 e. The highest BCUT2D eigenvalue weighted by atomic mass is 16.6. The van der Waals surface area contributed by atoms with Crippen molar-refractivity contribution in [1.82, 2.24) is 19.5 Å². The molecule has 24 heavy (non-hydrogen) atoms. The lowest BCUT2D eigenvalue weighted by molar-refractivity contribution is -0.136. The van der Waals surface area contributed by atoms with Crippen LogP contribution in [0.5, 0.6) is 0 Å². The second-order valence-electron chi connectivity index (χ2n) is 5.88. The van der Waals surface area contributed by atoms with E-state index in [0.717, 1.165) is 5.57 Å². The molecule has 130 valence electrons. The number of fused-ring (bicyclic) bond motifs is 1. The van der Waals surface area contributed by atoms with Crippen LogP contribution in [0, 0.1) is 0 Å². The first-order chi connectivity index (χ1) is 11.4. The van der Waals surface area contributed by atoms with E-state index in [-0.39, 0.29) is 5.82 Å². The lowest BCUT2D eigenvalue weighted by Gasteiger charge is -2.28. The maximum absolute atomic E-state index is 10.4. The fourth-order valence-corrected chi connectivity index (χ4v) is 2.82. The fourth-order valence-electron chi connectivity index (χ4n) is 2.82. The van der Waals surface area contributed by atoms with E-state index in [2.05, 4.69) is 21.5 Å². The number of anilines is 1. The number of ether oxygens (including phenoxy) is 1. The molecule has 0 radical (unpaired) electrons. The summed E-state index contributed by atoms with van der Waals surface area (Å²) in [5.74, 6) is -1.53. The third kappa shape index (κ3) is 2.54. The van der Waals surface area contributed by atoms with E-state index >= 15 is 0 Å². The summed E-state index contributed by atoms with van der Waals surface area (Å²) >= 11 is 0. The number of hydrogen-bond acceptors (Lipinski definition) is 9. The van der Waals surface area contributed by atoms with Gasteiger partial charge in [0.1, 0.15) is 30.4 Å². The van der Waals surface area contributed by atoms with Crippen molar-refractivity contribution in [2.24, 2.45) is 11.5 Å². The monoisotopic (exact) mass is 335 g/mol. The van der Waals surface area contributed by atoms with Gasteiger partial charge in [-0.15, -0.1) is 0 Å². The molecule has 4 atom stereocenters. The van der Waals surface area contributed by atoms with Gasteiger partial charge < -0.3 is 26.4 Å². The van der Waals surface area contributed by atoms with Crippen molar-refractivity contribution in [1.29, 1.82) is 0 Å². The predicted octanol–water partition coefficient (Wildman–Crippen LogP) is -1.61. The van der Waals surface area contributed by atoms with E-state index in [0.29, 0.717) is 30.6 Å². The smallest absolute Gasteiger partial charge is 0.231 e. The Labute approximate surface area is 138 Å². The van der Waals surface area contributed by atoms with Crippen LogP contribution in [0.1, 0.15) is 12.8 Å². The summed E-state index contributed by atoms with van der Waals surface area (Å²) in [6, 6.07) is 0. The van der Waals surface area contributed by atoms with E-state index in [4.69, 9.17) is 21.9 Å². The molecule has 0 saturated carbocycles. The van der Waals surface area contributed by atoms with E-state index < -0.39 is 24.2 Å². The molecule has 10 nitrogen and oxygen atoms in total. The molecule has 2 aromatic heterocycles. The van der Waals surface area contributed by atoms with Gasteiger partial charge in [0, 0.05) is 6.54 Å². The molecule has 1 saturated heterocycles. The first kappa shape index (κ1) is 16.7. The van der Waals surface area contributed by atoms with Crippen molar-refractivity contribution in [3.63, 3.8) is 0 Å². The average Bonchev–Trinajstić information content (AvgIpc) is 3.10. The Bertz CT molecular complexity index is 764. The zero-order valence-corrected chi connectivity index (χ0v) is 13.0. The zero-order valence-electron chi connectivity index (χ0n) is 13.0. The Morgan fingerprint density at radius 2 is 2.12 bits per heavy atom. The Kier molecular flexibility index (Phi) is 4.24. The van der Waals surface area contributed by atoms with Crippen molar-refractivity contribution in [3.05, 3.63) is 24.8 Å². The van der Waals surface area contributed by atoms with Gasteiger partial charge in [0.15, 0.2) is 11.5 Å². The van der Waals surface area contributed by atoms with Gasteiger partial charge in [-0.3, -0.25) is 10.3 Å². The summed E-state index contributed by atoms with van der Waals surface area (Å²) in [4.78, 5) is 12.1. The molecule has 2 aromatic rings. The molecular weight excluding hydrogens is 314 g/mol. The number of nitrogens with zero attached hydrogens (tertiary/aromatic N) is 4. The van der Waals surface area contributed by atoms with Gasteiger partial charge in [-0.1, -0.05) is 12.2 Å². The number of aliphatic hydroxyl groups is 2. The number of aromatic nitrogens is 4. The van der Waals surface area contributed by atoms with Crippen LogP contribution in [0.3, 0.4) is 0 Å². The van der Waals surface area contributed by atoms with Crippen molar-refractivity contribution >= 4 is 17.0 Å².